The summed E-state index contributed by atoms with van der Waals surface area (Å²) in [6, 6.07) is 5.55. The summed E-state index contributed by atoms with van der Waals surface area (Å²) in [5, 5.41) is 13.5. The molecule has 1 fully saturated rings. The number of urea groups is 1. The monoisotopic (exact) mass is 307 g/mol. The van der Waals surface area contributed by atoms with E-state index in [1.807, 2.05) is 19.9 Å². The fraction of sp³-hybridized carbons (Fsp3) is 0.500. The molecule has 0 spiro atoms. The zero-order chi connectivity index (χ0) is 16.5. The number of aryl methyl sites for hydroxylation is 2. The highest BCUT2D eigenvalue weighted by Gasteiger charge is 2.13. The van der Waals surface area contributed by atoms with E-state index in [1.54, 1.807) is 12.1 Å². The second-order valence-corrected chi connectivity index (χ2v) is 5.65. The van der Waals surface area contributed by atoms with Crippen LogP contribution in [0.2, 0.25) is 0 Å². The Morgan fingerprint density at radius 1 is 1.09 bits per heavy atom. The maximum Gasteiger partial charge on any atom is 0.409 e. The van der Waals surface area contributed by atoms with Gasteiger partial charge in [0.1, 0.15) is 0 Å². The molecule has 5 N–H and O–H groups in total. The largest absolute Gasteiger partial charge is 0.465 e. The number of primary amides is 1. The Hall–Kier alpha value is -2.24. The van der Waals surface area contributed by atoms with Crippen molar-refractivity contribution in [3.63, 3.8) is 0 Å². The van der Waals surface area contributed by atoms with Crippen LogP contribution in [0.5, 0.6) is 0 Å². The molecule has 0 unspecified atom stereocenters. The average Bonchev–Trinajstić information content (AvgIpc) is 2.37. The smallest absolute Gasteiger partial charge is 0.409 e. The van der Waals surface area contributed by atoms with Crippen LogP contribution in [0.4, 0.5) is 15.3 Å². The first-order chi connectivity index (χ1) is 10.4. The average molecular weight is 307 g/mol. The number of carbonyl (C=O) groups excluding carboxylic acids is 1. The molecule has 1 saturated carbocycles. The molecule has 1 aliphatic rings. The molecule has 0 atom stereocenters. The minimum absolute atomic E-state index is 0.353. The molecule has 1 aromatic rings. The van der Waals surface area contributed by atoms with Gasteiger partial charge in [0.05, 0.1) is 0 Å². The second kappa shape index (κ2) is 8.92. The normalized spacial score (nSPS) is 14.5. The standard InChI is InChI=1S/C9H11NO2.C7H14N2O/c1-6-3-7(2)5-8(4-6)10-9(11)12;8-7(10)9-6-4-2-1-3-5-6/h3-5,10H,1-2H3,(H,11,12);6H,1-5H2,(H3,8,9,10). The first-order valence-corrected chi connectivity index (χ1v) is 7.51. The zero-order valence-electron chi connectivity index (χ0n) is 13.2. The van der Waals surface area contributed by atoms with Gasteiger partial charge < -0.3 is 16.2 Å². The number of rotatable bonds is 2. The summed E-state index contributed by atoms with van der Waals surface area (Å²) in [7, 11) is 0. The first-order valence-electron chi connectivity index (χ1n) is 7.51. The van der Waals surface area contributed by atoms with Gasteiger partial charge >= 0.3 is 12.1 Å². The van der Waals surface area contributed by atoms with Gasteiger partial charge in [0, 0.05) is 11.7 Å². The van der Waals surface area contributed by atoms with Crippen LogP contribution in [0.25, 0.3) is 0 Å². The van der Waals surface area contributed by atoms with Gasteiger partial charge in [0.15, 0.2) is 0 Å². The number of hydrogen-bond donors (Lipinski definition) is 4. The van der Waals surface area contributed by atoms with Crippen molar-refractivity contribution in [2.24, 2.45) is 5.73 Å². The predicted molar refractivity (Wildman–Crippen MR) is 87.2 cm³/mol. The van der Waals surface area contributed by atoms with E-state index in [4.69, 9.17) is 10.8 Å². The molecule has 1 aromatic carbocycles. The van der Waals surface area contributed by atoms with Crippen LogP contribution in [-0.4, -0.2) is 23.3 Å². The topological polar surface area (TPSA) is 104 Å². The van der Waals surface area contributed by atoms with Crippen molar-refractivity contribution in [2.45, 2.75) is 52.0 Å². The fourth-order valence-corrected chi connectivity index (χ4v) is 2.62. The molecule has 0 bridgehead atoms. The van der Waals surface area contributed by atoms with Crippen LogP contribution in [0.1, 0.15) is 43.2 Å². The lowest BCUT2D eigenvalue weighted by Crippen LogP contribution is -2.39. The zero-order valence-corrected chi connectivity index (χ0v) is 13.2. The van der Waals surface area contributed by atoms with Gasteiger partial charge in [0.2, 0.25) is 0 Å². The Balaban J connectivity index is 0.000000224. The number of nitrogens with two attached hydrogens (primary N) is 1. The van der Waals surface area contributed by atoms with Gasteiger partial charge in [0.25, 0.3) is 0 Å². The molecular formula is C16H25N3O3. The van der Waals surface area contributed by atoms with E-state index in [0.29, 0.717) is 11.7 Å². The van der Waals surface area contributed by atoms with Gasteiger partial charge in [-0.1, -0.05) is 25.3 Å². The lowest BCUT2D eigenvalue weighted by molar-refractivity contribution is 0.209. The van der Waals surface area contributed by atoms with Crippen molar-refractivity contribution in [2.75, 3.05) is 5.32 Å². The van der Waals surface area contributed by atoms with Gasteiger partial charge in [-0.25, -0.2) is 9.59 Å². The van der Waals surface area contributed by atoms with Crippen LogP contribution in [0.3, 0.4) is 0 Å². The van der Waals surface area contributed by atoms with E-state index in [9.17, 15) is 9.59 Å². The SMILES string of the molecule is Cc1cc(C)cc(NC(=O)O)c1.NC(=O)NC1CCCCC1. The molecule has 22 heavy (non-hydrogen) atoms. The molecule has 6 heteroatoms. The summed E-state index contributed by atoms with van der Waals surface area (Å²) >= 11 is 0. The molecule has 0 saturated heterocycles. The number of anilines is 1. The first kappa shape index (κ1) is 17.8. The number of carboxylic acid groups (broad SMARTS) is 1. The van der Waals surface area contributed by atoms with Crippen molar-refractivity contribution in [1.82, 2.24) is 5.32 Å². The molecule has 0 heterocycles. The summed E-state index contributed by atoms with van der Waals surface area (Å²) in [6.45, 7) is 3.86. The van der Waals surface area contributed by atoms with Crippen molar-refractivity contribution in [3.8, 4) is 0 Å². The minimum Gasteiger partial charge on any atom is -0.465 e. The number of nitrogens with one attached hydrogen (secondary N) is 2. The Morgan fingerprint density at radius 3 is 2.09 bits per heavy atom. The van der Waals surface area contributed by atoms with E-state index in [1.165, 1.54) is 19.3 Å². The quantitative estimate of drug-likeness (QED) is 0.673. The predicted octanol–water partition coefficient (Wildman–Crippen LogP) is 3.38. The molecule has 0 aromatic heterocycles. The Labute approximate surface area is 131 Å². The summed E-state index contributed by atoms with van der Waals surface area (Å²) < 4.78 is 0. The number of benzene rings is 1. The number of hydrogen-bond acceptors (Lipinski definition) is 2. The maximum atomic E-state index is 10.4. The highest BCUT2D eigenvalue weighted by molar-refractivity contribution is 5.83. The molecule has 0 radical (unpaired) electrons. The molecule has 2 rings (SSSR count). The highest BCUT2D eigenvalue weighted by atomic mass is 16.4. The summed E-state index contributed by atoms with van der Waals surface area (Å²) in [6.07, 6.45) is 4.93. The molecule has 6 nitrogen and oxygen atoms in total. The van der Waals surface area contributed by atoms with Crippen LogP contribution in [0.15, 0.2) is 18.2 Å². The van der Waals surface area contributed by atoms with Gasteiger partial charge in [-0.15, -0.1) is 0 Å². The summed E-state index contributed by atoms with van der Waals surface area (Å²) in [5.41, 5.74) is 7.71. The van der Waals surface area contributed by atoms with E-state index < -0.39 is 6.09 Å². The lowest BCUT2D eigenvalue weighted by Gasteiger charge is -2.21. The Morgan fingerprint density at radius 2 is 1.64 bits per heavy atom. The minimum atomic E-state index is -1.03. The van der Waals surface area contributed by atoms with E-state index in [0.717, 1.165) is 24.0 Å². The fourth-order valence-electron chi connectivity index (χ4n) is 2.62. The lowest BCUT2D eigenvalue weighted by atomic mass is 9.96. The Bertz CT molecular complexity index is 491. The van der Waals surface area contributed by atoms with Gasteiger partial charge in [-0.2, -0.15) is 0 Å². The Kier molecular flexibility index (Phi) is 7.22. The highest BCUT2D eigenvalue weighted by Crippen LogP contribution is 2.16. The summed E-state index contributed by atoms with van der Waals surface area (Å²) in [5.74, 6) is 0. The van der Waals surface area contributed by atoms with Crippen LogP contribution in [0, 0.1) is 13.8 Å². The van der Waals surface area contributed by atoms with E-state index in [2.05, 4.69) is 10.6 Å². The third-order valence-electron chi connectivity index (χ3n) is 3.42. The van der Waals surface area contributed by atoms with Crippen LogP contribution in [-0.2, 0) is 0 Å². The second-order valence-electron chi connectivity index (χ2n) is 5.65. The molecular weight excluding hydrogens is 282 g/mol. The van der Waals surface area contributed by atoms with Crippen LogP contribution >= 0.6 is 0 Å². The van der Waals surface area contributed by atoms with Crippen molar-refractivity contribution < 1.29 is 14.7 Å². The number of amides is 3. The third kappa shape index (κ3) is 7.52. The van der Waals surface area contributed by atoms with Gasteiger partial charge in [-0.3, -0.25) is 5.32 Å². The van der Waals surface area contributed by atoms with Crippen molar-refractivity contribution in [3.05, 3.63) is 29.3 Å². The molecule has 3 amide bonds. The summed E-state index contributed by atoms with van der Waals surface area (Å²) in [4.78, 5) is 20.7. The van der Waals surface area contributed by atoms with Crippen molar-refractivity contribution >= 4 is 17.8 Å². The van der Waals surface area contributed by atoms with Crippen LogP contribution < -0.4 is 16.4 Å². The van der Waals surface area contributed by atoms with Gasteiger partial charge in [-0.05, 0) is 49.9 Å². The maximum absolute atomic E-state index is 10.4. The van der Waals surface area contributed by atoms with E-state index >= 15 is 0 Å². The molecule has 122 valence electrons. The van der Waals surface area contributed by atoms with Crippen molar-refractivity contribution in [1.29, 1.82) is 0 Å². The third-order valence-corrected chi connectivity index (χ3v) is 3.42. The number of carbonyl (C=O) groups is 2. The molecule has 0 aliphatic heterocycles. The van der Waals surface area contributed by atoms with E-state index in [-0.39, 0.29) is 6.03 Å². The molecule has 1 aliphatic carbocycles.